The molecular weight excluding hydrogens is 282 g/mol. The topological polar surface area (TPSA) is 23.5 Å². The van der Waals surface area contributed by atoms with Gasteiger partial charge in [0.1, 0.15) is 5.75 Å². The summed E-state index contributed by atoms with van der Waals surface area (Å²) >= 11 is 6.08. The van der Waals surface area contributed by atoms with Crippen molar-refractivity contribution in [1.82, 2.24) is 4.90 Å². The standard InChI is InChI=1S/C18H20ClNO/c1-13(17-12-16(19)6-7-18(17)21)20-10-8-14-4-2-3-5-15(14)9-11-20/h2-7,12-13,21H,8-11H2,1H3. The van der Waals surface area contributed by atoms with E-state index in [9.17, 15) is 5.11 Å². The average molecular weight is 302 g/mol. The van der Waals surface area contributed by atoms with E-state index in [0.717, 1.165) is 31.5 Å². The van der Waals surface area contributed by atoms with E-state index in [1.54, 1.807) is 12.1 Å². The van der Waals surface area contributed by atoms with Crippen LogP contribution in [0.15, 0.2) is 42.5 Å². The van der Waals surface area contributed by atoms with Crippen molar-refractivity contribution < 1.29 is 5.11 Å². The fourth-order valence-corrected chi connectivity index (χ4v) is 3.31. The van der Waals surface area contributed by atoms with Crippen molar-refractivity contribution in [3.63, 3.8) is 0 Å². The quantitative estimate of drug-likeness (QED) is 0.898. The average Bonchev–Trinajstić information content (AvgIpc) is 2.71. The number of nitrogens with zero attached hydrogens (tertiary/aromatic N) is 1. The summed E-state index contributed by atoms with van der Waals surface area (Å²) in [6, 6.07) is 14.1. The van der Waals surface area contributed by atoms with Crippen molar-refractivity contribution in [2.45, 2.75) is 25.8 Å². The molecule has 0 radical (unpaired) electrons. The van der Waals surface area contributed by atoms with Gasteiger partial charge in [0.15, 0.2) is 0 Å². The van der Waals surface area contributed by atoms with Gasteiger partial charge in [-0.05, 0) is 49.1 Å². The van der Waals surface area contributed by atoms with Gasteiger partial charge in [-0.15, -0.1) is 0 Å². The molecule has 110 valence electrons. The molecule has 2 aromatic rings. The van der Waals surface area contributed by atoms with Gasteiger partial charge in [-0.25, -0.2) is 0 Å². The molecule has 1 unspecified atom stereocenters. The summed E-state index contributed by atoms with van der Waals surface area (Å²) in [5, 5.41) is 10.8. The van der Waals surface area contributed by atoms with Gasteiger partial charge in [0.25, 0.3) is 0 Å². The van der Waals surface area contributed by atoms with Crippen LogP contribution in [0.1, 0.15) is 29.7 Å². The predicted octanol–water partition coefficient (Wildman–Crippen LogP) is 4.21. The zero-order chi connectivity index (χ0) is 14.8. The fourth-order valence-electron chi connectivity index (χ4n) is 3.13. The number of phenolic OH excluding ortho intramolecular Hbond substituents is 1. The lowest BCUT2D eigenvalue weighted by Crippen LogP contribution is -2.29. The number of hydrogen-bond acceptors (Lipinski definition) is 2. The van der Waals surface area contributed by atoms with Crippen LogP contribution >= 0.6 is 11.6 Å². The molecule has 0 spiro atoms. The maximum absolute atomic E-state index is 10.1. The maximum atomic E-state index is 10.1. The third kappa shape index (κ3) is 3.07. The van der Waals surface area contributed by atoms with Crippen LogP contribution < -0.4 is 0 Å². The Bertz CT molecular complexity index is 614. The molecule has 2 nitrogen and oxygen atoms in total. The van der Waals surface area contributed by atoms with Gasteiger partial charge in [0, 0.05) is 29.7 Å². The smallest absolute Gasteiger partial charge is 0.120 e. The summed E-state index contributed by atoms with van der Waals surface area (Å²) in [5.41, 5.74) is 3.80. The molecular formula is C18H20ClNO. The molecule has 0 aliphatic carbocycles. The molecule has 1 heterocycles. The van der Waals surface area contributed by atoms with Crippen LogP contribution in [0.3, 0.4) is 0 Å². The highest BCUT2D eigenvalue weighted by Gasteiger charge is 2.21. The van der Waals surface area contributed by atoms with E-state index in [0.29, 0.717) is 10.8 Å². The SMILES string of the molecule is CC(c1cc(Cl)ccc1O)N1CCc2ccccc2CC1. The van der Waals surface area contributed by atoms with Crippen LogP contribution in [-0.2, 0) is 12.8 Å². The van der Waals surface area contributed by atoms with Gasteiger partial charge in [-0.2, -0.15) is 0 Å². The monoisotopic (exact) mass is 301 g/mol. The van der Waals surface area contributed by atoms with Crippen molar-refractivity contribution in [2.24, 2.45) is 0 Å². The molecule has 1 N–H and O–H groups in total. The molecule has 1 atom stereocenters. The zero-order valence-electron chi connectivity index (χ0n) is 12.2. The normalized spacial score (nSPS) is 17.0. The zero-order valence-corrected chi connectivity index (χ0v) is 13.0. The molecule has 3 heteroatoms. The van der Waals surface area contributed by atoms with Gasteiger partial charge in [-0.3, -0.25) is 4.90 Å². The lowest BCUT2D eigenvalue weighted by atomic mass is 10.0. The Balaban J connectivity index is 1.80. The molecule has 0 saturated carbocycles. The molecule has 0 aromatic heterocycles. The molecule has 21 heavy (non-hydrogen) atoms. The van der Waals surface area contributed by atoms with Crippen LogP contribution in [-0.4, -0.2) is 23.1 Å². The lowest BCUT2D eigenvalue weighted by Gasteiger charge is -2.28. The molecule has 1 aliphatic heterocycles. The number of phenols is 1. The van der Waals surface area contributed by atoms with E-state index in [1.807, 2.05) is 6.07 Å². The fraction of sp³-hybridized carbons (Fsp3) is 0.333. The second kappa shape index (κ2) is 6.08. The summed E-state index contributed by atoms with van der Waals surface area (Å²) in [6.45, 7) is 4.15. The van der Waals surface area contributed by atoms with Gasteiger partial charge >= 0.3 is 0 Å². The first-order valence-corrected chi connectivity index (χ1v) is 7.82. The molecule has 3 rings (SSSR count). The maximum Gasteiger partial charge on any atom is 0.120 e. The van der Waals surface area contributed by atoms with Gasteiger partial charge in [0.2, 0.25) is 0 Å². The Labute approximate surface area is 131 Å². The van der Waals surface area contributed by atoms with Gasteiger partial charge in [0.05, 0.1) is 0 Å². The van der Waals surface area contributed by atoms with Crippen molar-refractivity contribution in [3.05, 3.63) is 64.2 Å². The van der Waals surface area contributed by atoms with Crippen LogP contribution in [0, 0.1) is 0 Å². The molecule has 0 bridgehead atoms. The second-order valence-corrected chi connectivity index (χ2v) is 6.12. The Morgan fingerprint density at radius 3 is 2.29 bits per heavy atom. The van der Waals surface area contributed by atoms with Crippen molar-refractivity contribution in [1.29, 1.82) is 0 Å². The number of aromatic hydroxyl groups is 1. The van der Waals surface area contributed by atoms with E-state index in [1.165, 1.54) is 11.1 Å². The minimum Gasteiger partial charge on any atom is -0.508 e. The van der Waals surface area contributed by atoms with E-state index in [4.69, 9.17) is 11.6 Å². The number of fused-ring (bicyclic) bond motifs is 1. The summed E-state index contributed by atoms with van der Waals surface area (Å²) < 4.78 is 0. The highest BCUT2D eigenvalue weighted by Crippen LogP contribution is 2.32. The molecule has 1 aliphatic rings. The predicted molar refractivity (Wildman–Crippen MR) is 87.0 cm³/mol. The third-order valence-corrected chi connectivity index (χ3v) is 4.68. The van der Waals surface area contributed by atoms with Crippen LogP contribution in [0.5, 0.6) is 5.75 Å². The highest BCUT2D eigenvalue weighted by molar-refractivity contribution is 6.30. The summed E-state index contributed by atoms with van der Waals surface area (Å²) in [5.74, 6) is 0.327. The lowest BCUT2D eigenvalue weighted by molar-refractivity contribution is 0.217. The Morgan fingerprint density at radius 1 is 1.05 bits per heavy atom. The molecule has 0 fully saturated rings. The number of benzene rings is 2. The van der Waals surface area contributed by atoms with Crippen LogP contribution in [0.4, 0.5) is 0 Å². The number of rotatable bonds is 2. The van der Waals surface area contributed by atoms with Gasteiger partial charge in [-0.1, -0.05) is 35.9 Å². The third-order valence-electron chi connectivity index (χ3n) is 4.44. The first kappa shape index (κ1) is 14.4. The Kier molecular flexibility index (Phi) is 4.18. The van der Waals surface area contributed by atoms with Crippen molar-refractivity contribution in [3.8, 4) is 5.75 Å². The van der Waals surface area contributed by atoms with E-state index in [-0.39, 0.29) is 6.04 Å². The first-order chi connectivity index (χ1) is 10.1. The van der Waals surface area contributed by atoms with Gasteiger partial charge < -0.3 is 5.11 Å². The van der Waals surface area contributed by atoms with Crippen LogP contribution in [0.25, 0.3) is 0 Å². The number of halogens is 1. The summed E-state index contributed by atoms with van der Waals surface area (Å²) in [4.78, 5) is 2.42. The highest BCUT2D eigenvalue weighted by atomic mass is 35.5. The van der Waals surface area contributed by atoms with Crippen molar-refractivity contribution >= 4 is 11.6 Å². The Morgan fingerprint density at radius 2 is 1.67 bits per heavy atom. The number of hydrogen-bond donors (Lipinski definition) is 1. The minimum atomic E-state index is 0.165. The Hall–Kier alpha value is -1.51. The minimum absolute atomic E-state index is 0.165. The molecule has 2 aromatic carbocycles. The summed E-state index contributed by atoms with van der Waals surface area (Å²) in [6.07, 6.45) is 2.11. The van der Waals surface area contributed by atoms with E-state index in [2.05, 4.69) is 36.1 Å². The van der Waals surface area contributed by atoms with E-state index >= 15 is 0 Å². The molecule has 0 amide bonds. The summed E-state index contributed by atoms with van der Waals surface area (Å²) in [7, 11) is 0. The molecule has 0 saturated heterocycles. The van der Waals surface area contributed by atoms with E-state index < -0.39 is 0 Å². The van der Waals surface area contributed by atoms with Crippen LogP contribution in [0.2, 0.25) is 5.02 Å². The largest absolute Gasteiger partial charge is 0.508 e. The second-order valence-electron chi connectivity index (χ2n) is 5.68. The first-order valence-electron chi connectivity index (χ1n) is 7.44. The van der Waals surface area contributed by atoms with Crippen molar-refractivity contribution in [2.75, 3.05) is 13.1 Å².